The molecular formula is C17H16Cl2N2O2. The molecule has 0 radical (unpaired) electrons. The predicted molar refractivity (Wildman–Crippen MR) is 95.7 cm³/mol. The monoisotopic (exact) mass is 350 g/mol. The van der Waals surface area contributed by atoms with Gasteiger partial charge in [-0.2, -0.15) is 0 Å². The van der Waals surface area contributed by atoms with Crippen molar-refractivity contribution in [2.75, 3.05) is 23.8 Å². The zero-order valence-electron chi connectivity index (χ0n) is 12.3. The highest BCUT2D eigenvalue weighted by molar-refractivity contribution is 6.44. The second-order valence-electron chi connectivity index (χ2n) is 4.60. The highest BCUT2D eigenvalue weighted by Gasteiger charge is 2.09. The zero-order chi connectivity index (χ0) is 16.7. The second kappa shape index (κ2) is 8.46. The van der Waals surface area contributed by atoms with Crippen molar-refractivity contribution >= 4 is 40.5 Å². The highest BCUT2D eigenvalue weighted by Crippen LogP contribution is 2.29. The average molecular weight is 351 g/mol. The molecule has 0 fully saturated rings. The van der Waals surface area contributed by atoms with E-state index in [4.69, 9.17) is 27.9 Å². The number of ether oxygens (including phenoxy) is 1. The summed E-state index contributed by atoms with van der Waals surface area (Å²) in [6, 6.07) is 12.4. The van der Waals surface area contributed by atoms with E-state index in [9.17, 15) is 4.79 Å². The van der Waals surface area contributed by atoms with E-state index in [0.29, 0.717) is 28.1 Å². The summed E-state index contributed by atoms with van der Waals surface area (Å²) in [6.45, 7) is 4.07. The third-order valence-electron chi connectivity index (χ3n) is 2.91. The molecule has 0 spiro atoms. The fourth-order valence-corrected chi connectivity index (χ4v) is 2.21. The third kappa shape index (κ3) is 4.91. The Morgan fingerprint density at radius 1 is 1.13 bits per heavy atom. The lowest BCUT2D eigenvalue weighted by molar-refractivity contribution is -0.114. The highest BCUT2D eigenvalue weighted by atomic mass is 35.5. The summed E-state index contributed by atoms with van der Waals surface area (Å²) in [4.78, 5) is 12.0. The van der Waals surface area contributed by atoms with E-state index in [1.807, 2.05) is 24.3 Å². The summed E-state index contributed by atoms with van der Waals surface area (Å²) in [5.41, 5.74) is 1.20. The first-order valence-electron chi connectivity index (χ1n) is 6.92. The maximum Gasteiger partial charge on any atom is 0.243 e. The molecule has 0 aromatic heterocycles. The van der Waals surface area contributed by atoms with Crippen molar-refractivity contribution in [1.29, 1.82) is 0 Å². The molecule has 0 heterocycles. The number of para-hydroxylation sites is 2. The van der Waals surface area contributed by atoms with Crippen molar-refractivity contribution in [3.05, 3.63) is 65.2 Å². The lowest BCUT2D eigenvalue weighted by Crippen LogP contribution is -2.22. The molecule has 4 nitrogen and oxygen atoms in total. The molecule has 0 saturated carbocycles. The van der Waals surface area contributed by atoms with E-state index in [-0.39, 0.29) is 12.5 Å². The molecule has 2 aromatic rings. The van der Waals surface area contributed by atoms with Gasteiger partial charge >= 0.3 is 0 Å². The number of nitrogens with one attached hydrogen (secondary N) is 2. The lowest BCUT2D eigenvalue weighted by atomic mass is 10.3. The Morgan fingerprint density at radius 3 is 2.65 bits per heavy atom. The fourth-order valence-electron chi connectivity index (χ4n) is 1.86. The first kappa shape index (κ1) is 17.2. The largest absolute Gasteiger partial charge is 0.487 e. The molecule has 2 N–H and O–H groups in total. The van der Waals surface area contributed by atoms with Gasteiger partial charge in [0.25, 0.3) is 0 Å². The molecule has 0 unspecified atom stereocenters. The van der Waals surface area contributed by atoms with Crippen LogP contribution in [0.4, 0.5) is 11.4 Å². The number of carbonyl (C=O) groups is 1. The average Bonchev–Trinajstić information content (AvgIpc) is 2.56. The van der Waals surface area contributed by atoms with Crippen LogP contribution in [-0.2, 0) is 4.79 Å². The fraction of sp³-hybridized carbons (Fsp3) is 0.118. The Balaban J connectivity index is 1.97. The number of carbonyl (C=O) groups excluding carboxylic acids is 1. The molecule has 6 heteroatoms. The molecule has 0 atom stereocenters. The maximum absolute atomic E-state index is 12.0. The van der Waals surface area contributed by atoms with Crippen molar-refractivity contribution in [2.24, 2.45) is 0 Å². The van der Waals surface area contributed by atoms with Crippen molar-refractivity contribution < 1.29 is 9.53 Å². The molecule has 0 bridgehead atoms. The SMILES string of the molecule is C=CCOc1ccccc1NCC(=O)Nc1cccc(Cl)c1Cl. The Hall–Kier alpha value is -2.17. The van der Waals surface area contributed by atoms with Gasteiger partial charge in [-0.15, -0.1) is 0 Å². The van der Waals surface area contributed by atoms with Crippen LogP contribution in [0.25, 0.3) is 0 Å². The number of benzene rings is 2. The van der Waals surface area contributed by atoms with Gasteiger partial charge in [0.2, 0.25) is 5.91 Å². The van der Waals surface area contributed by atoms with Gasteiger partial charge in [0.05, 0.1) is 28.0 Å². The van der Waals surface area contributed by atoms with Gasteiger partial charge in [-0.1, -0.05) is 54.1 Å². The van der Waals surface area contributed by atoms with Crippen LogP contribution < -0.4 is 15.4 Å². The van der Waals surface area contributed by atoms with Gasteiger partial charge in [-0.05, 0) is 24.3 Å². The summed E-state index contributed by atoms with van der Waals surface area (Å²) >= 11 is 12.0. The summed E-state index contributed by atoms with van der Waals surface area (Å²) in [7, 11) is 0. The van der Waals surface area contributed by atoms with Crippen LogP contribution in [0.3, 0.4) is 0 Å². The zero-order valence-corrected chi connectivity index (χ0v) is 13.8. The van der Waals surface area contributed by atoms with E-state index >= 15 is 0 Å². The summed E-state index contributed by atoms with van der Waals surface area (Å²) in [6.07, 6.45) is 1.66. The van der Waals surface area contributed by atoms with Crippen molar-refractivity contribution in [3.63, 3.8) is 0 Å². The molecule has 120 valence electrons. The molecule has 2 aromatic carbocycles. The predicted octanol–water partition coefficient (Wildman–Crippen LogP) is 4.61. The Morgan fingerprint density at radius 2 is 1.87 bits per heavy atom. The first-order valence-corrected chi connectivity index (χ1v) is 7.68. The number of rotatable bonds is 7. The lowest BCUT2D eigenvalue weighted by Gasteiger charge is -2.13. The van der Waals surface area contributed by atoms with Crippen molar-refractivity contribution in [1.82, 2.24) is 0 Å². The third-order valence-corrected chi connectivity index (χ3v) is 3.73. The van der Waals surface area contributed by atoms with Crippen LogP contribution in [0.2, 0.25) is 10.0 Å². The van der Waals surface area contributed by atoms with E-state index < -0.39 is 0 Å². The first-order chi connectivity index (χ1) is 11.1. The summed E-state index contributed by atoms with van der Waals surface area (Å²) in [5, 5.41) is 6.44. The quantitative estimate of drug-likeness (QED) is 0.717. The Kier molecular flexibility index (Phi) is 6.32. The van der Waals surface area contributed by atoms with Gasteiger partial charge in [0.15, 0.2) is 0 Å². The number of hydrogen-bond acceptors (Lipinski definition) is 3. The number of halogens is 2. The molecule has 0 saturated heterocycles. The van der Waals surface area contributed by atoms with Crippen LogP contribution in [-0.4, -0.2) is 19.1 Å². The summed E-state index contributed by atoms with van der Waals surface area (Å²) < 4.78 is 5.52. The molecule has 0 aliphatic heterocycles. The Labute approximate surface area is 145 Å². The second-order valence-corrected chi connectivity index (χ2v) is 5.38. The van der Waals surface area contributed by atoms with Crippen LogP contribution in [0, 0.1) is 0 Å². The van der Waals surface area contributed by atoms with Crippen LogP contribution in [0.15, 0.2) is 55.1 Å². The molecular weight excluding hydrogens is 335 g/mol. The molecule has 0 aliphatic rings. The number of amides is 1. The van der Waals surface area contributed by atoms with E-state index in [2.05, 4.69) is 17.2 Å². The van der Waals surface area contributed by atoms with Gasteiger partial charge < -0.3 is 15.4 Å². The molecule has 1 amide bonds. The van der Waals surface area contributed by atoms with Crippen LogP contribution >= 0.6 is 23.2 Å². The minimum Gasteiger partial charge on any atom is -0.487 e. The normalized spacial score (nSPS) is 10.0. The Bertz CT molecular complexity index is 705. The van der Waals surface area contributed by atoms with E-state index in [1.165, 1.54) is 0 Å². The van der Waals surface area contributed by atoms with Crippen molar-refractivity contribution in [3.8, 4) is 5.75 Å². The van der Waals surface area contributed by atoms with E-state index in [1.54, 1.807) is 24.3 Å². The van der Waals surface area contributed by atoms with Gasteiger partial charge in [-0.25, -0.2) is 0 Å². The maximum atomic E-state index is 12.0. The minimum absolute atomic E-state index is 0.0668. The molecule has 0 aliphatic carbocycles. The van der Waals surface area contributed by atoms with E-state index in [0.717, 1.165) is 5.69 Å². The summed E-state index contributed by atoms with van der Waals surface area (Å²) in [5.74, 6) is 0.411. The van der Waals surface area contributed by atoms with Gasteiger partial charge in [0, 0.05) is 0 Å². The topological polar surface area (TPSA) is 50.4 Å². The standard InChI is InChI=1S/C17H16Cl2N2O2/c1-2-10-23-15-9-4-3-7-13(15)20-11-16(22)21-14-8-5-6-12(18)17(14)19/h2-9,20H,1,10-11H2,(H,21,22). The minimum atomic E-state index is -0.243. The molecule has 23 heavy (non-hydrogen) atoms. The van der Waals surface area contributed by atoms with Crippen LogP contribution in [0.1, 0.15) is 0 Å². The van der Waals surface area contributed by atoms with Crippen molar-refractivity contribution in [2.45, 2.75) is 0 Å². The smallest absolute Gasteiger partial charge is 0.243 e. The number of anilines is 2. The van der Waals surface area contributed by atoms with Crippen LogP contribution in [0.5, 0.6) is 5.75 Å². The number of hydrogen-bond donors (Lipinski definition) is 2. The van der Waals surface area contributed by atoms with Gasteiger partial charge in [0.1, 0.15) is 12.4 Å². The molecule has 2 rings (SSSR count). The van der Waals surface area contributed by atoms with Gasteiger partial charge in [-0.3, -0.25) is 4.79 Å².